The number of carbonyl (C=O) groups is 1. The second-order valence-corrected chi connectivity index (χ2v) is 4.57. The highest BCUT2D eigenvalue weighted by Crippen LogP contribution is 2.32. The Bertz CT molecular complexity index is 658. The molecular weight excluding hydrogens is 248 g/mol. The fourth-order valence-corrected chi connectivity index (χ4v) is 2.09. The number of methoxy groups -OCH3 is 1. The third kappa shape index (κ3) is 2.16. The van der Waals surface area contributed by atoms with E-state index >= 15 is 0 Å². The van der Waals surface area contributed by atoms with Gasteiger partial charge in [0.2, 0.25) is 0 Å². The molecular formula is C13H14N2O4. The van der Waals surface area contributed by atoms with Gasteiger partial charge in [0.1, 0.15) is 5.52 Å². The van der Waals surface area contributed by atoms with Crippen LogP contribution in [0.3, 0.4) is 0 Å². The smallest absolute Gasteiger partial charge is 0.338 e. The van der Waals surface area contributed by atoms with Gasteiger partial charge in [0, 0.05) is 17.6 Å². The molecule has 0 unspecified atom stereocenters. The predicted octanol–water partition coefficient (Wildman–Crippen LogP) is 2.99. The first-order valence-corrected chi connectivity index (χ1v) is 5.83. The second kappa shape index (κ2) is 4.72. The molecule has 0 aliphatic carbocycles. The number of nitrogens with zero attached hydrogens (tertiary/aromatic N) is 1. The zero-order valence-corrected chi connectivity index (χ0v) is 10.9. The van der Waals surface area contributed by atoms with E-state index in [4.69, 9.17) is 0 Å². The van der Waals surface area contributed by atoms with E-state index in [0.717, 1.165) is 5.56 Å². The van der Waals surface area contributed by atoms with Crippen LogP contribution in [0, 0.1) is 10.1 Å². The number of aromatic nitrogens is 1. The van der Waals surface area contributed by atoms with Gasteiger partial charge in [-0.25, -0.2) is 4.79 Å². The van der Waals surface area contributed by atoms with Gasteiger partial charge >= 0.3 is 5.97 Å². The molecule has 1 aromatic heterocycles. The number of nitro benzene ring substituents is 1. The zero-order valence-electron chi connectivity index (χ0n) is 10.9. The highest BCUT2D eigenvalue weighted by Gasteiger charge is 2.21. The number of non-ortho nitro benzene ring substituents is 1. The monoisotopic (exact) mass is 262 g/mol. The van der Waals surface area contributed by atoms with E-state index in [2.05, 4.69) is 9.72 Å². The van der Waals surface area contributed by atoms with Crippen molar-refractivity contribution in [3.05, 3.63) is 39.6 Å². The molecule has 0 radical (unpaired) electrons. The Morgan fingerprint density at radius 3 is 2.63 bits per heavy atom. The van der Waals surface area contributed by atoms with Crippen molar-refractivity contribution in [3.63, 3.8) is 0 Å². The molecule has 6 heteroatoms. The van der Waals surface area contributed by atoms with Gasteiger partial charge in [0.15, 0.2) is 0 Å². The lowest BCUT2D eigenvalue weighted by molar-refractivity contribution is -0.383. The van der Waals surface area contributed by atoms with Gasteiger partial charge in [-0.1, -0.05) is 13.8 Å². The van der Waals surface area contributed by atoms with Crippen LogP contribution in [0.4, 0.5) is 5.69 Å². The number of rotatable bonds is 3. The average molecular weight is 262 g/mol. The van der Waals surface area contributed by atoms with Crippen molar-refractivity contribution < 1.29 is 14.5 Å². The van der Waals surface area contributed by atoms with E-state index < -0.39 is 10.9 Å². The number of benzene rings is 1. The zero-order chi connectivity index (χ0) is 14.2. The van der Waals surface area contributed by atoms with Crippen LogP contribution in [-0.2, 0) is 4.74 Å². The van der Waals surface area contributed by atoms with Crippen LogP contribution in [0.2, 0.25) is 0 Å². The Balaban J connectivity index is 2.78. The van der Waals surface area contributed by atoms with E-state index in [-0.39, 0.29) is 17.2 Å². The molecule has 1 heterocycles. The maximum atomic E-state index is 11.6. The molecule has 0 fully saturated rings. The van der Waals surface area contributed by atoms with E-state index in [1.165, 1.54) is 13.2 Å². The van der Waals surface area contributed by atoms with Gasteiger partial charge in [-0.2, -0.15) is 0 Å². The Morgan fingerprint density at radius 2 is 2.11 bits per heavy atom. The van der Waals surface area contributed by atoms with E-state index in [0.29, 0.717) is 10.9 Å². The summed E-state index contributed by atoms with van der Waals surface area (Å²) >= 11 is 0. The first-order chi connectivity index (χ1) is 8.95. The number of H-pyrrole nitrogens is 1. The number of nitrogens with one attached hydrogen (secondary N) is 1. The maximum Gasteiger partial charge on any atom is 0.338 e. The van der Waals surface area contributed by atoms with Crippen molar-refractivity contribution >= 4 is 22.6 Å². The van der Waals surface area contributed by atoms with Crippen LogP contribution in [0.25, 0.3) is 10.9 Å². The number of nitro groups is 1. The molecule has 0 saturated carbocycles. The van der Waals surface area contributed by atoms with Crippen molar-refractivity contribution in [2.45, 2.75) is 19.8 Å². The first kappa shape index (κ1) is 13.1. The molecule has 6 nitrogen and oxygen atoms in total. The minimum absolute atomic E-state index is 0.121. The fraction of sp³-hybridized carbons (Fsp3) is 0.308. The summed E-state index contributed by atoms with van der Waals surface area (Å²) in [5, 5.41) is 11.8. The number of esters is 1. The quantitative estimate of drug-likeness (QED) is 0.523. The summed E-state index contributed by atoms with van der Waals surface area (Å²) in [7, 11) is 1.25. The minimum atomic E-state index is -0.582. The number of fused-ring (bicyclic) bond motifs is 1. The molecule has 0 amide bonds. The molecule has 0 aliphatic heterocycles. The van der Waals surface area contributed by atoms with Crippen LogP contribution < -0.4 is 0 Å². The van der Waals surface area contributed by atoms with Gasteiger partial charge in [-0.15, -0.1) is 0 Å². The standard InChI is InChI=1S/C13H14N2O4/c1-7(2)10-6-14-12-9(10)4-8(13(16)19-3)5-11(12)15(17)18/h4-7,14H,1-3H3. The van der Waals surface area contributed by atoms with Crippen molar-refractivity contribution in [2.75, 3.05) is 7.11 Å². The summed E-state index contributed by atoms with van der Waals surface area (Å²) in [6.45, 7) is 3.97. The Hall–Kier alpha value is -2.37. The van der Waals surface area contributed by atoms with Gasteiger partial charge < -0.3 is 9.72 Å². The van der Waals surface area contributed by atoms with Crippen LogP contribution in [0.5, 0.6) is 0 Å². The van der Waals surface area contributed by atoms with Gasteiger partial charge in [-0.05, 0) is 17.5 Å². The van der Waals surface area contributed by atoms with Crippen LogP contribution in [0.15, 0.2) is 18.3 Å². The lowest BCUT2D eigenvalue weighted by Gasteiger charge is -2.04. The summed E-state index contributed by atoms with van der Waals surface area (Å²) in [6.07, 6.45) is 1.74. The van der Waals surface area contributed by atoms with E-state index in [1.54, 1.807) is 12.3 Å². The Morgan fingerprint density at radius 1 is 1.42 bits per heavy atom. The SMILES string of the molecule is COC(=O)c1cc([N+](=O)[O-])c2[nH]cc(C(C)C)c2c1. The molecule has 1 N–H and O–H groups in total. The van der Waals surface area contributed by atoms with E-state index in [9.17, 15) is 14.9 Å². The van der Waals surface area contributed by atoms with Crippen LogP contribution in [0.1, 0.15) is 35.7 Å². The Kier molecular flexibility index (Phi) is 3.25. The summed E-state index contributed by atoms with van der Waals surface area (Å²) in [4.78, 5) is 25.1. The molecule has 2 aromatic rings. The molecule has 100 valence electrons. The summed E-state index contributed by atoms with van der Waals surface area (Å²) in [5.41, 5.74) is 1.43. The lowest BCUT2D eigenvalue weighted by Crippen LogP contribution is -2.02. The summed E-state index contributed by atoms with van der Waals surface area (Å²) in [6, 6.07) is 2.86. The molecule has 0 spiro atoms. The summed E-state index contributed by atoms with van der Waals surface area (Å²) < 4.78 is 4.63. The van der Waals surface area contributed by atoms with Crippen molar-refractivity contribution in [2.24, 2.45) is 0 Å². The molecule has 0 saturated heterocycles. The number of hydrogen-bond donors (Lipinski definition) is 1. The van der Waals surface area contributed by atoms with E-state index in [1.807, 2.05) is 13.8 Å². The molecule has 1 aromatic carbocycles. The van der Waals surface area contributed by atoms with Crippen LogP contribution >= 0.6 is 0 Å². The fourth-order valence-electron chi connectivity index (χ4n) is 2.09. The highest BCUT2D eigenvalue weighted by atomic mass is 16.6. The van der Waals surface area contributed by atoms with Crippen LogP contribution in [-0.4, -0.2) is 23.0 Å². The van der Waals surface area contributed by atoms with Gasteiger partial charge in [-0.3, -0.25) is 10.1 Å². The molecule has 0 atom stereocenters. The van der Waals surface area contributed by atoms with Gasteiger partial charge in [0.05, 0.1) is 17.6 Å². The first-order valence-electron chi connectivity index (χ1n) is 5.83. The topological polar surface area (TPSA) is 85.2 Å². The number of aromatic amines is 1. The molecule has 19 heavy (non-hydrogen) atoms. The van der Waals surface area contributed by atoms with Crippen molar-refractivity contribution in [1.29, 1.82) is 0 Å². The van der Waals surface area contributed by atoms with Crippen molar-refractivity contribution in [1.82, 2.24) is 4.98 Å². The Labute approximate surface area is 109 Å². The summed E-state index contributed by atoms with van der Waals surface area (Å²) in [5.74, 6) is -0.387. The largest absolute Gasteiger partial charge is 0.465 e. The van der Waals surface area contributed by atoms with Gasteiger partial charge in [0.25, 0.3) is 5.69 Å². The third-order valence-corrected chi connectivity index (χ3v) is 3.04. The predicted molar refractivity (Wildman–Crippen MR) is 70.4 cm³/mol. The number of hydrogen-bond acceptors (Lipinski definition) is 4. The number of ether oxygens (including phenoxy) is 1. The number of carbonyl (C=O) groups excluding carboxylic acids is 1. The van der Waals surface area contributed by atoms with Crippen molar-refractivity contribution in [3.8, 4) is 0 Å². The third-order valence-electron chi connectivity index (χ3n) is 3.04. The highest BCUT2D eigenvalue weighted by molar-refractivity contribution is 5.99. The molecule has 2 rings (SSSR count). The normalized spacial score (nSPS) is 10.9. The minimum Gasteiger partial charge on any atom is -0.465 e. The lowest BCUT2D eigenvalue weighted by atomic mass is 10.0. The maximum absolute atomic E-state index is 11.6. The molecule has 0 bridgehead atoms. The second-order valence-electron chi connectivity index (χ2n) is 4.57. The molecule has 0 aliphatic rings. The average Bonchev–Trinajstić information content (AvgIpc) is 2.79.